The fourth-order valence-electron chi connectivity index (χ4n) is 3.60. The van der Waals surface area contributed by atoms with Crippen LogP contribution < -0.4 is 10.9 Å². The van der Waals surface area contributed by atoms with Crippen LogP contribution in [0.3, 0.4) is 0 Å². The highest BCUT2D eigenvalue weighted by molar-refractivity contribution is 5.93. The van der Waals surface area contributed by atoms with Crippen molar-refractivity contribution in [3.8, 4) is 0 Å². The Balaban J connectivity index is 1.40. The van der Waals surface area contributed by atoms with Crippen LogP contribution in [-0.4, -0.2) is 38.5 Å². The van der Waals surface area contributed by atoms with Crippen LogP contribution in [0, 0.1) is 0 Å². The van der Waals surface area contributed by atoms with Gasteiger partial charge in [-0.05, 0) is 25.7 Å². The van der Waals surface area contributed by atoms with Gasteiger partial charge in [0.25, 0.3) is 11.5 Å². The van der Waals surface area contributed by atoms with E-state index in [9.17, 15) is 9.59 Å². The van der Waals surface area contributed by atoms with E-state index in [1.807, 2.05) is 0 Å². The molecule has 4 rings (SSSR count). The molecule has 1 aliphatic heterocycles. The predicted octanol–water partition coefficient (Wildman–Crippen LogP) is 0.953. The second kappa shape index (κ2) is 6.79. The fourth-order valence-corrected chi connectivity index (χ4v) is 3.60. The minimum Gasteiger partial charge on any atom is -0.376 e. The van der Waals surface area contributed by atoms with E-state index in [0.717, 1.165) is 43.4 Å². The van der Waals surface area contributed by atoms with Crippen LogP contribution in [0.2, 0.25) is 0 Å². The molecule has 2 aromatic rings. The Morgan fingerprint density at radius 1 is 1.32 bits per heavy atom. The third kappa shape index (κ3) is 3.34. The smallest absolute Gasteiger partial charge is 0.267 e. The maximum Gasteiger partial charge on any atom is 0.267 e. The SMILES string of the molecule is O=C(NC1CCC(n2nc3c(cc2=O)COCC3)CC1)c1cn[nH]c1. The van der Waals surface area contributed by atoms with E-state index < -0.39 is 0 Å². The third-order valence-corrected chi connectivity index (χ3v) is 5.00. The Bertz CT molecular complexity index is 806. The Kier molecular flexibility index (Phi) is 4.35. The highest BCUT2D eigenvalue weighted by atomic mass is 16.5. The summed E-state index contributed by atoms with van der Waals surface area (Å²) in [5.41, 5.74) is 2.36. The molecule has 1 amide bonds. The molecule has 0 aromatic carbocycles. The average molecular weight is 343 g/mol. The van der Waals surface area contributed by atoms with Crippen molar-refractivity contribution < 1.29 is 9.53 Å². The Hall–Kier alpha value is -2.48. The maximum absolute atomic E-state index is 12.4. The molecular formula is C17H21N5O3. The lowest BCUT2D eigenvalue weighted by Gasteiger charge is -2.30. The number of hydrogen-bond acceptors (Lipinski definition) is 5. The molecule has 3 heterocycles. The maximum atomic E-state index is 12.4. The number of amides is 1. The molecule has 2 aromatic heterocycles. The predicted molar refractivity (Wildman–Crippen MR) is 89.2 cm³/mol. The van der Waals surface area contributed by atoms with Gasteiger partial charge in [0.1, 0.15) is 0 Å². The molecule has 25 heavy (non-hydrogen) atoms. The van der Waals surface area contributed by atoms with Crippen LogP contribution in [0.25, 0.3) is 0 Å². The van der Waals surface area contributed by atoms with Crippen LogP contribution in [0.5, 0.6) is 0 Å². The topological polar surface area (TPSA) is 102 Å². The molecule has 2 aliphatic rings. The number of H-pyrrole nitrogens is 1. The highest BCUT2D eigenvalue weighted by Crippen LogP contribution is 2.27. The number of aromatic nitrogens is 4. The molecule has 8 heteroatoms. The van der Waals surface area contributed by atoms with Gasteiger partial charge < -0.3 is 10.1 Å². The van der Waals surface area contributed by atoms with Crippen molar-refractivity contribution in [3.05, 3.63) is 45.6 Å². The summed E-state index contributed by atoms with van der Waals surface area (Å²) in [6.45, 7) is 1.14. The van der Waals surface area contributed by atoms with Gasteiger partial charge in [0, 0.05) is 30.3 Å². The van der Waals surface area contributed by atoms with Crippen molar-refractivity contribution in [2.75, 3.05) is 6.61 Å². The first-order valence-electron chi connectivity index (χ1n) is 8.69. The number of carbonyl (C=O) groups excluding carboxylic acids is 1. The molecule has 0 unspecified atom stereocenters. The summed E-state index contributed by atoms with van der Waals surface area (Å²) in [6.07, 6.45) is 7.19. The Morgan fingerprint density at radius 2 is 2.16 bits per heavy atom. The molecule has 0 bridgehead atoms. The lowest BCUT2D eigenvalue weighted by atomic mass is 9.91. The molecule has 8 nitrogen and oxygen atoms in total. The lowest BCUT2D eigenvalue weighted by molar-refractivity contribution is 0.0920. The normalized spacial score (nSPS) is 23.0. The van der Waals surface area contributed by atoms with Gasteiger partial charge in [-0.1, -0.05) is 0 Å². The third-order valence-electron chi connectivity index (χ3n) is 5.00. The van der Waals surface area contributed by atoms with E-state index >= 15 is 0 Å². The van der Waals surface area contributed by atoms with Gasteiger partial charge in [-0.3, -0.25) is 14.7 Å². The minimum absolute atomic E-state index is 0.0601. The van der Waals surface area contributed by atoms with E-state index in [1.54, 1.807) is 16.9 Å². The van der Waals surface area contributed by atoms with E-state index in [2.05, 4.69) is 20.6 Å². The molecule has 1 saturated carbocycles. The Morgan fingerprint density at radius 3 is 2.92 bits per heavy atom. The van der Waals surface area contributed by atoms with Gasteiger partial charge in [-0.2, -0.15) is 10.2 Å². The number of ether oxygens (including phenoxy) is 1. The highest BCUT2D eigenvalue weighted by Gasteiger charge is 2.26. The number of fused-ring (bicyclic) bond motifs is 1. The first-order valence-corrected chi connectivity index (χ1v) is 8.69. The summed E-state index contributed by atoms with van der Waals surface area (Å²) in [4.78, 5) is 24.5. The molecular weight excluding hydrogens is 322 g/mol. The van der Waals surface area contributed by atoms with Gasteiger partial charge in [0.05, 0.1) is 36.7 Å². The monoisotopic (exact) mass is 343 g/mol. The average Bonchev–Trinajstić information content (AvgIpc) is 3.17. The summed E-state index contributed by atoms with van der Waals surface area (Å²) in [6, 6.07) is 1.89. The Labute approximate surface area is 144 Å². The molecule has 1 aliphatic carbocycles. The molecule has 0 atom stereocenters. The van der Waals surface area contributed by atoms with Gasteiger partial charge in [-0.25, -0.2) is 4.68 Å². The first-order chi connectivity index (χ1) is 12.2. The summed E-state index contributed by atoms with van der Waals surface area (Å²) in [7, 11) is 0. The summed E-state index contributed by atoms with van der Waals surface area (Å²) < 4.78 is 7.02. The number of nitrogens with one attached hydrogen (secondary N) is 2. The number of carbonyl (C=O) groups is 1. The summed E-state index contributed by atoms with van der Waals surface area (Å²) in [5.74, 6) is -0.110. The van der Waals surface area contributed by atoms with Crippen LogP contribution >= 0.6 is 0 Å². The molecule has 0 saturated heterocycles. The first kappa shape index (κ1) is 16.0. The molecule has 0 spiro atoms. The molecule has 0 radical (unpaired) electrons. The summed E-state index contributed by atoms with van der Waals surface area (Å²) >= 11 is 0. The van der Waals surface area contributed by atoms with E-state index in [1.165, 1.54) is 6.20 Å². The zero-order valence-electron chi connectivity index (χ0n) is 13.9. The summed E-state index contributed by atoms with van der Waals surface area (Å²) in [5, 5.41) is 14.1. The van der Waals surface area contributed by atoms with Crippen molar-refractivity contribution in [1.29, 1.82) is 0 Å². The van der Waals surface area contributed by atoms with Crippen molar-refractivity contribution >= 4 is 5.91 Å². The second-order valence-electron chi connectivity index (χ2n) is 6.67. The molecule has 1 fully saturated rings. The van der Waals surface area contributed by atoms with Crippen LogP contribution in [-0.2, 0) is 17.8 Å². The number of nitrogens with zero attached hydrogens (tertiary/aromatic N) is 3. The van der Waals surface area contributed by atoms with E-state index in [-0.39, 0.29) is 23.6 Å². The number of hydrogen-bond donors (Lipinski definition) is 2. The van der Waals surface area contributed by atoms with Crippen LogP contribution in [0.1, 0.15) is 53.3 Å². The van der Waals surface area contributed by atoms with Crippen molar-refractivity contribution in [3.63, 3.8) is 0 Å². The zero-order chi connectivity index (χ0) is 17.2. The quantitative estimate of drug-likeness (QED) is 0.864. The zero-order valence-corrected chi connectivity index (χ0v) is 13.9. The van der Waals surface area contributed by atoms with Crippen LogP contribution in [0.4, 0.5) is 0 Å². The standard InChI is InChI=1S/C17H21N5O3/c23-16-7-11-10-25-6-5-15(11)21-22(16)14-3-1-13(2-4-14)20-17(24)12-8-18-19-9-12/h7-9,13-14H,1-6,10H2,(H,18,19)(H,20,24). The number of rotatable bonds is 3. The second-order valence-corrected chi connectivity index (χ2v) is 6.67. The van der Waals surface area contributed by atoms with Gasteiger partial charge in [-0.15, -0.1) is 0 Å². The van der Waals surface area contributed by atoms with Gasteiger partial charge >= 0.3 is 0 Å². The van der Waals surface area contributed by atoms with E-state index in [0.29, 0.717) is 18.8 Å². The molecule has 132 valence electrons. The van der Waals surface area contributed by atoms with Crippen molar-refractivity contribution in [2.24, 2.45) is 0 Å². The van der Waals surface area contributed by atoms with Gasteiger partial charge in [0.15, 0.2) is 0 Å². The lowest BCUT2D eigenvalue weighted by Crippen LogP contribution is -2.40. The minimum atomic E-state index is -0.110. The van der Waals surface area contributed by atoms with Crippen molar-refractivity contribution in [1.82, 2.24) is 25.3 Å². The van der Waals surface area contributed by atoms with Crippen LogP contribution in [0.15, 0.2) is 23.3 Å². The van der Waals surface area contributed by atoms with E-state index in [4.69, 9.17) is 4.74 Å². The largest absolute Gasteiger partial charge is 0.376 e. The fraction of sp³-hybridized carbons (Fsp3) is 0.529. The van der Waals surface area contributed by atoms with Gasteiger partial charge in [0.2, 0.25) is 0 Å². The number of aromatic amines is 1. The molecule has 2 N–H and O–H groups in total. The van der Waals surface area contributed by atoms with Crippen molar-refractivity contribution in [2.45, 2.75) is 50.8 Å².